The summed E-state index contributed by atoms with van der Waals surface area (Å²) in [6.07, 6.45) is 2.22. The maximum atomic E-state index is 14.6. The van der Waals surface area contributed by atoms with Crippen LogP contribution in [0, 0.1) is 13.8 Å². The van der Waals surface area contributed by atoms with Gasteiger partial charge in [0.05, 0.1) is 38.4 Å². The van der Waals surface area contributed by atoms with Gasteiger partial charge in [0.1, 0.15) is 5.75 Å². The lowest BCUT2D eigenvalue weighted by molar-refractivity contribution is -0.145. The number of aromatic hydroxyl groups is 1. The molecule has 0 spiro atoms. The van der Waals surface area contributed by atoms with Gasteiger partial charge in [0.25, 0.3) is 0 Å². The van der Waals surface area contributed by atoms with Crippen LogP contribution in [0.3, 0.4) is 0 Å². The summed E-state index contributed by atoms with van der Waals surface area (Å²) < 4.78 is 30.5. The third-order valence-electron chi connectivity index (χ3n) is 9.23. The van der Waals surface area contributed by atoms with Crippen molar-refractivity contribution in [1.82, 2.24) is 9.80 Å². The van der Waals surface area contributed by atoms with Gasteiger partial charge in [-0.05, 0) is 44.5 Å². The molecule has 3 atom stereocenters. The molecule has 4 aliphatic heterocycles. The number of benzene rings is 3. The van der Waals surface area contributed by atoms with Gasteiger partial charge in [-0.15, -0.1) is 0 Å². The molecule has 1 N–H and O–H groups in total. The van der Waals surface area contributed by atoms with Crippen molar-refractivity contribution in [3.63, 3.8) is 0 Å². The van der Waals surface area contributed by atoms with Crippen LogP contribution in [0.4, 0.5) is 0 Å². The second-order valence-corrected chi connectivity index (χ2v) is 12.5. The summed E-state index contributed by atoms with van der Waals surface area (Å²) in [5.74, 6) is 1.18. The molecule has 0 aliphatic carbocycles. The van der Waals surface area contributed by atoms with Gasteiger partial charge in [0, 0.05) is 44.9 Å². The van der Waals surface area contributed by atoms with E-state index in [4.69, 9.17) is 23.7 Å². The number of carbonyl (C=O) groups excluding carboxylic acids is 2. The molecule has 0 aromatic heterocycles. The first-order valence-electron chi connectivity index (χ1n) is 14.7. The number of piperazine rings is 1. The second-order valence-electron chi connectivity index (χ2n) is 11.7. The van der Waals surface area contributed by atoms with E-state index in [1.165, 1.54) is 6.92 Å². The first-order valence-corrected chi connectivity index (χ1v) is 15.5. The summed E-state index contributed by atoms with van der Waals surface area (Å²) in [5.41, 5.74) is 5.72. The molecule has 0 saturated carbocycles. The van der Waals surface area contributed by atoms with Crippen molar-refractivity contribution >= 4 is 33.9 Å². The van der Waals surface area contributed by atoms with Crippen LogP contribution in [-0.2, 0) is 27.4 Å². The number of hydrogen-bond donors (Lipinski definition) is 1. The Bertz CT molecular complexity index is 1790. The number of phenols is 1. The molecule has 0 unspecified atom stereocenters. The molecule has 1 fully saturated rings. The van der Waals surface area contributed by atoms with Crippen LogP contribution in [0.1, 0.15) is 58.0 Å². The predicted molar refractivity (Wildman–Crippen MR) is 167 cm³/mol. The summed E-state index contributed by atoms with van der Waals surface area (Å²) in [6, 6.07) is 8.14. The predicted octanol–water partition coefficient (Wildman–Crippen LogP) is 5.49. The number of halogens is 1. The highest BCUT2D eigenvalue weighted by Gasteiger charge is 2.54. The van der Waals surface area contributed by atoms with Gasteiger partial charge in [0.15, 0.2) is 23.0 Å². The molecule has 1 saturated heterocycles. The van der Waals surface area contributed by atoms with E-state index >= 15 is 0 Å². The lowest BCUT2D eigenvalue weighted by atomic mass is 9.78. The number of phenolic OH excluding ortho intramolecular Hbond substituents is 1. The van der Waals surface area contributed by atoms with E-state index < -0.39 is 24.1 Å². The van der Waals surface area contributed by atoms with Crippen LogP contribution < -0.4 is 18.9 Å². The quantitative estimate of drug-likeness (QED) is 0.268. The zero-order valence-corrected chi connectivity index (χ0v) is 27.2. The Labute approximate surface area is 269 Å². The molecule has 3 aromatic carbocycles. The average Bonchev–Trinajstić information content (AvgIpc) is 3.51. The molecule has 3 aromatic rings. The second kappa shape index (κ2) is 11.1. The van der Waals surface area contributed by atoms with E-state index in [1.54, 1.807) is 18.9 Å². The fourth-order valence-corrected chi connectivity index (χ4v) is 7.74. The Morgan fingerprint density at radius 1 is 1.09 bits per heavy atom. The number of methoxy groups -OCH3 is 1. The maximum absolute atomic E-state index is 14.6. The molecular weight excluding hydrogens is 644 g/mol. The molecule has 0 radical (unpaired) electrons. The fraction of sp³-hybridized carbons (Fsp3) is 0.353. The van der Waals surface area contributed by atoms with Crippen molar-refractivity contribution in [1.29, 1.82) is 0 Å². The highest BCUT2D eigenvalue weighted by atomic mass is 79.9. The van der Waals surface area contributed by atoms with Gasteiger partial charge in [-0.1, -0.05) is 46.3 Å². The van der Waals surface area contributed by atoms with Gasteiger partial charge < -0.3 is 33.7 Å². The van der Waals surface area contributed by atoms with Crippen molar-refractivity contribution in [3.05, 3.63) is 79.4 Å². The van der Waals surface area contributed by atoms with E-state index in [2.05, 4.69) is 15.9 Å². The number of nitrogens with zero attached hydrogens (tertiary/aromatic N) is 2. The maximum Gasteiger partial charge on any atom is 0.308 e. The summed E-state index contributed by atoms with van der Waals surface area (Å²) in [6.45, 7) is 5.50. The summed E-state index contributed by atoms with van der Waals surface area (Å²) in [4.78, 5) is 30.8. The molecule has 234 valence electrons. The largest absolute Gasteiger partial charge is 0.507 e. The monoisotopic (exact) mass is 676 g/mol. The first-order chi connectivity index (χ1) is 21.6. The lowest BCUT2D eigenvalue weighted by Gasteiger charge is -2.53. The number of fused-ring (bicyclic) bond motifs is 9. The Kier molecular flexibility index (Phi) is 7.30. The van der Waals surface area contributed by atoms with Crippen LogP contribution in [0.2, 0.25) is 0 Å². The normalized spacial score (nSPS) is 21.1. The first kappa shape index (κ1) is 29.6. The molecule has 10 nitrogen and oxygen atoms in total. The van der Waals surface area contributed by atoms with E-state index in [0.717, 1.165) is 26.7 Å². The topological polar surface area (TPSA) is 107 Å². The average molecular weight is 678 g/mol. The van der Waals surface area contributed by atoms with Crippen molar-refractivity contribution < 1.29 is 38.4 Å². The van der Waals surface area contributed by atoms with Crippen LogP contribution in [-0.4, -0.2) is 60.4 Å². The number of rotatable bonds is 6. The third kappa shape index (κ3) is 4.43. The van der Waals surface area contributed by atoms with Crippen molar-refractivity contribution in [2.45, 2.75) is 51.9 Å². The van der Waals surface area contributed by atoms with Crippen LogP contribution >= 0.6 is 15.9 Å². The van der Waals surface area contributed by atoms with Crippen LogP contribution in [0.15, 0.2) is 40.5 Å². The summed E-state index contributed by atoms with van der Waals surface area (Å²) in [7, 11) is 3.44. The van der Waals surface area contributed by atoms with Crippen molar-refractivity contribution in [2.75, 3.05) is 27.6 Å². The number of hydrogen-bond acceptors (Lipinski definition) is 9. The molecule has 4 heterocycles. The number of ether oxygens (including phenoxy) is 5. The molecule has 1 amide bonds. The van der Waals surface area contributed by atoms with E-state index in [-0.39, 0.29) is 25.1 Å². The van der Waals surface area contributed by atoms with Gasteiger partial charge in [0.2, 0.25) is 12.7 Å². The summed E-state index contributed by atoms with van der Waals surface area (Å²) >= 11 is 3.77. The van der Waals surface area contributed by atoms with Crippen LogP contribution in [0.25, 0.3) is 6.08 Å². The standard InChI is InChI=1S/C34H33BrN2O8/c1-16-27(35)20-11-23-34(40)37-22(28(36(23)4)26(20)33(30(16)41-5)45-18(3)38)12-21-25(32-31(43-15-44-32)17(2)29(21)39)24(37)14-42-13-19-9-7-6-8-10-19/h6-10,12,23-24,28,39H,11,13-15H2,1-5H3/t23-,24-,28-/m0/s1. The Hall–Kier alpha value is -4.06. The SMILES string of the molecule is COc1c(C)c(Br)c2c(c1OC(C)=O)[C@@H]1C3=Cc4c(O)c(C)c5c(c4[C@H](COCc4ccccc4)N3C(=O)[C@H](C2)N1C)OCO5. The van der Waals surface area contributed by atoms with Crippen LogP contribution in [0.5, 0.6) is 28.7 Å². The Morgan fingerprint density at radius 3 is 2.53 bits per heavy atom. The Balaban J connectivity index is 1.45. The molecule has 45 heavy (non-hydrogen) atoms. The van der Waals surface area contributed by atoms with Gasteiger partial charge >= 0.3 is 5.97 Å². The molecule has 4 aliphatic rings. The summed E-state index contributed by atoms with van der Waals surface area (Å²) in [5, 5.41) is 11.6. The van der Waals surface area contributed by atoms with Crippen molar-refractivity contribution in [2.24, 2.45) is 0 Å². The van der Waals surface area contributed by atoms with Crippen molar-refractivity contribution in [3.8, 4) is 28.7 Å². The lowest BCUT2D eigenvalue weighted by Crippen LogP contribution is -2.60. The minimum absolute atomic E-state index is 0.00839. The smallest absolute Gasteiger partial charge is 0.308 e. The fourth-order valence-electron chi connectivity index (χ4n) is 7.18. The van der Waals surface area contributed by atoms with Gasteiger partial charge in [-0.25, -0.2) is 0 Å². The van der Waals surface area contributed by atoms with E-state index in [1.807, 2.05) is 55.3 Å². The Morgan fingerprint density at radius 2 is 1.82 bits per heavy atom. The van der Waals surface area contributed by atoms with E-state index in [9.17, 15) is 14.7 Å². The number of likely N-dealkylation sites (N-methyl/N-ethyl adjacent to an activating group) is 1. The number of esters is 1. The third-order valence-corrected chi connectivity index (χ3v) is 10.3. The molecule has 11 heteroatoms. The number of carbonyl (C=O) groups is 2. The number of amides is 1. The zero-order chi connectivity index (χ0) is 31.7. The minimum atomic E-state index is -0.633. The highest BCUT2D eigenvalue weighted by Crippen LogP contribution is 2.59. The highest BCUT2D eigenvalue weighted by molar-refractivity contribution is 9.10. The molecular formula is C34H33BrN2O8. The molecule has 2 bridgehead atoms. The molecule has 7 rings (SSSR count). The van der Waals surface area contributed by atoms with Gasteiger partial charge in [-0.2, -0.15) is 0 Å². The van der Waals surface area contributed by atoms with E-state index in [0.29, 0.717) is 58.4 Å². The van der Waals surface area contributed by atoms with Gasteiger partial charge in [-0.3, -0.25) is 14.5 Å². The zero-order valence-electron chi connectivity index (χ0n) is 25.6. The minimum Gasteiger partial charge on any atom is -0.507 e.